The number of aromatic nitrogens is 1. The third kappa shape index (κ3) is 3.46. The van der Waals surface area contributed by atoms with Crippen LogP contribution in [-0.2, 0) is 23.1 Å². The molecule has 0 spiro atoms. The number of hydrogen-bond donors (Lipinski definition) is 1. The number of sulfonamides is 1. The molecule has 2 aromatic carbocycles. The van der Waals surface area contributed by atoms with Crippen LogP contribution in [0.3, 0.4) is 0 Å². The molecule has 0 saturated heterocycles. The number of hydrogen-bond acceptors (Lipinski definition) is 4. The molecule has 0 radical (unpaired) electrons. The van der Waals surface area contributed by atoms with Gasteiger partial charge in [-0.3, -0.25) is 9.36 Å². The summed E-state index contributed by atoms with van der Waals surface area (Å²) in [7, 11) is -3.64. The highest BCUT2D eigenvalue weighted by Gasteiger charge is 2.16. The van der Waals surface area contributed by atoms with E-state index in [1.165, 1.54) is 6.07 Å². The first-order valence-electron chi connectivity index (χ1n) is 7.28. The van der Waals surface area contributed by atoms with E-state index in [0.29, 0.717) is 11.2 Å². The van der Waals surface area contributed by atoms with Gasteiger partial charge in [-0.05, 0) is 42.8 Å². The Balaban J connectivity index is 1.89. The van der Waals surface area contributed by atoms with Crippen LogP contribution >= 0.6 is 27.3 Å². The second-order valence-corrected chi connectivity index (χ2v) is 8.87. The van der Waals surface area contributed by atoms with E-state index in [4.69, 9.17) is 0 Å². The zero-order valence-corrected chi connectivity index (χ0v) is 16.0. The number of thiazole rings is 1. The van der Waals surface area contributed by atoms with Gasteiger partial charge in [-0.25, -0.2) is 13.1 Å². The lowest BCUT2D eigenvalue weighted by Crippen LogP contribution is -2.23. The Morgan fingerprint density at radius 3 is 2.71 bits per heavy atom. The molecule has 0 bridgehead atoms. The summed E-state index contributed by atoms with van der Waals surface area (Å²) >= 11 is 4.42. The summed E-state index contributed by atoms with van der Waals surface area (Å²) in [5.74, 6) is 0. The number of rotatable bonds is 5. The topological polar surface area (TPSA) is 68.2 Å². The lowest BCUT2D eigenvalue weighted by Gasteiger charge is -2.08. The van der Waals surface area contributed by atoms with Gasteiger partial charge in [0.2, 0.25) is 10.0 Å². The number of nitrogens with one attached hydrogen (secondary N) is 1. The Morgan fingerprint density at radius 1 is 1.21 bits per heavy atom. The highest BCUT2D eigenvalue weighted by molar-refractivity contribution is 9.10. The number of halogens is 1. The molecule has 3 aromatic rings. The van der Waals surface area contributed by atoms with E-state index >= 15 is 0 Å². The summed E-state index contributed by atoms with van der Waals surface area (Å²) in [6, 6.07) is 12.2. The van der Waals surface area contributed by atoms with Crippen molar-refractivity contribution >= 4 is 47.5 Å². The molecule has 3 rings (SSSR count). The van der Waals surface area contributed by atoms with Crippen LogP contribution < -0.4 is 9.60 Å². The van der Waals surface area contributed by atoms with Gasteiger partial charge in [0, 0.05) is 17.6 Å². The molecule has 0 fully saturated rings. The van der Waals surface area contributed by atoms with Crippen molar-refractivity contribution in [1.82, 2.24) is 9.29 Å². The van der Waals surface area contributed by atoms with Gasteiger partial charge in [0.15, 0.2) is 0 Å². The lowest BCUT2D eigenvalue weighted by atomic mass is 10.2. The molecule has 0 aliphatic rings. The Kier molecular flexibility index (Phi) is 4.91. The molecule has 0 amide bonds. The molecule has 8 heteroatoms. The average molecular weight is 427 g/mol. The predicted molar refractivity (Wildman–Crippen MR) is 99.9 cm³/mol. The van der Waals surface area contributed by atoms with E-state index in [-0.39, 0.29) is 16.3 Å². The maximum atomic E-state index is 12.5. The van der Waals surface area contributed by atoms with Crippen LogP contribution in [-0.4, -0.2) is 13.0 Å². The molecule has 126 valence electrons. The van der Waals surface area contributed by atoms with Crippen molar-refractivity contribution < 1.29 is 8.42 Å². The fourth-order valence-electron chi connectivity index (χ4n) is 2.42. The number of nitrogens with zero attached hydrogens (tertiary/aromatic N) is 1. The molecule has 1 heterocycles. The van der Waals surface area contributed by atoms with Crippen LogP contribution in [0.25, 0.3) is 10.2 Å². The van der Waals surface area contributed by atoms with Gasteiger partial charge in [-0.1, -0.05) is 39.4 Å². The first-order valence-corrected chi connectivity index (χ1v) is 10.4. The van der Waals surface area contributed by atoms with Crippen molar-refractivity contribution in [2.45, 2.75) is 24.9 Å². The van der Waals surface area contributed by atoms with E-state index < -0.39 is 10.0 Å². The first kappa shape index (κ1) is 17.3. The van der Waals surface area contributed by atoms with Gasteiger partial charge in [-0.2, -0.15) is 0 Å². The highest BCUT2D eigenvalue weighted by Crippen LogP contribution is 2.22. The Bertz CT molecular complexity index is 1050. The number of aryl methyl sites for hydroxylation is 1. The van der Waals surface area contributed by atoms with Crippen molar-refractivity contribution in [3.05, 3.63) is 62.2 Å². The molecule has 0 unspecified atom stereocenters. The van der Waals surface area contributed by atoms with Crippen molar-refractivity contribution in [2.24, 2.45) is 0 Å². The maximum Gasteiger partial charge on any atom is 0.308 e. The Hall–Kier alpha value is -1.48. The molecular formula is C16H15BrN2O3S2. The minimum atomic E-state index is -3.64. The predicted octanol–water partition coefficient (Wildman–Crippen LogP) is 3.32. The zero-order chi connectivity index (χ0) is 17.3. The Labute approximate surface area is 152 Å². The lowest BCUT2D eigenvalue weighted by molar-refractivity contribution is 0.581. The normalized spacial score (nSPS) is 11.9. The van der Waals surface area contributed by atoms with Gasteiger partial charge in [0.25, 0.3) is 0 Å². The van der Waals surface area contributed by atoms with Gasteiger partial charge in [0.1, 0.15) is 0 Å². The second-order valence-electron chi connectivity index (χ2n) is 5.20. The third-order valence-corrected chi connectivity index (χ3v) is 6.46. The van der Waals surface area contributed by atoms with E-state index in [0.717, 1.165) is 26.9 Å². The zero-order valence-electron chi connectivity index (χ0n) is 12.8. The van der Waals surface area contributed by atoms with Crippen LogP contribution in [0.15, 0.2) is 56.6 Å². The van der Waals surface area contributed by atoms with E-state index in [2.05, 4.69) is 20.7 Å². The molecule has 5 nitrogen and oxygen atoms in total. The van der Waals surface area contributed by atoms with Crippen LogP contribution in [0.4, 0.5) is 0 Å². The summed E-state index contributed by atoms with van der Waals surface area (Å²) in [6.07, 6.45) is 0. The summed E-state index contributed by atoms with van der Waals surface area (Å²) in [6.45, 7) is 2.65. The Morgan fingerprint density at radius 2 is 2.00 bits per heavy atom. The number of fused-ring (bicyclic) bond motifs is 1. The van der Waals surface area contributed by atoms with Gasteiger partial charge >= 0.3 is 4.87 Å². The molecule has 1 N–H and O–H groups in total. The molecule has 0 saturated carbocycles. The van der Waals surface area contributed by atoms with Crippen LogP contribution in [0.2, 0.25) is 0 Å². The van der Waals surface area contributed by atoms with Crippen LogP contribution in [0, 0.1) is 0 Å². The van der Waals surface area contributed by atoms with Gasteiger partial charge < -0.3 is 0 Å². The second kappa shape index (κ2) is 6.79. The van der Waals surface area contributed by atoms with Gasteiger partial charge in [-0.15, -0.1) is 0 Å². The minimum Gasteiger partial charge on any atom is -0.299 e. The standard InChI is InChI=1S/C16H15BrN2O3S2/c1-2-19-14-7-6-13(9-15(14)23-16(19)20)24(21,22)18-10-11-4-3-5-12(17)8-11/h3-9,18H,2,10H2,1H3. The fourth-order valence-corrected chi connectivity index (χ4v) is 4.98. The van der Waals surface area contributed by atoms with Crippen molar-refractivity contribution in [1.29, 1.82) is 0 Å². The average Bonchev–Trinajstić information content (AvgIpc) is 2.87. The van der Waals surface area contributed by atoms with Crippen molar-refractivity contribution in [2.75, 3.05) is 0 Å². The molecule has 24 heavy (non-hydrogen) atoms. The molecule has 0 aliphatic heterocycles. The summed E-state index contributed by atoms with van der Waals surface area (Å²) < 4.78 is 30.8. The smallest absolute Gasteiger partial charge is 0.299 e. The van der Waals surface area contributed by atoms with E-state index in [1.54, 1.807) is 16.7 Å². The number of benzene rings is 2. The third-order valence-electron chi connectivity index (χ3n) is 3.62. The van der Waals surface area contributed by atoms with Crippen LogP contribution in [0.1, 0.15) is 12.5 Å². The summed E-state index contributed by atoms with van der Waals surface area (Å²) in [5.41, 5.74) is 1.62. The van der Waals surface area contributed by atoms with E-state index in [9.17, 15) is 13.2 Å². The van der Waals surface area contributed by atoms with Crippen molar-refractivity contribution in [3.8, 4) is 0 Å². The van der Waals surface area contributed by atoms with Crippen molar-refractivity contribution in [3.63, 3.8) is 0 Å². The van der Waals surface area contributed by atoms with Crippen LogP contribution in [0.5, 0.6) is 0 Å². The molecular weight excluding hydrogens is 412 g/mol. The van der Waals surface area contributed by atoms with E-state index in [1.807, 2.05) is 31.2 Å². The molecule has 0 aliphatic carbocycles. The fraction of sp³-hybridized carbons (Fsp3) is 0.188. The largest absolute Gasteiger partial charge is 0.308 e. The highest BCUT2D eigenvalue weighted by atomic mass is 79.9. The monoisotopic (exact) mass is 426 g/mol. The minimum absolute atomic E-state index is 0.0795. The quantitative estimate of drug-likeness (QED) is 0.679. The molecule has 0 atom stereocenters. The van der Waals surface area contributed by atoms with Gasteiger partial charge in [0.05, 0.1) is 15.1 Å². The first-order chi connectivity index (χ1) is 11.4. The summed E-state index contributed by atoms with van der Waals surface area (Å²) in [5, 5.41) is 0. The summed E-state index contributed by atoms with van der Waals surface area (Å²) in [4.78, 5) is 12.0. The SMILES string of the molecule is CCn1c(=O)sc2cc(S(=O)(=O)NCc3cccc(Br)c3)ccc21. The molecule has 1 aromatic heterocycles. The maximum absolute atomic E-state index is 12.5.